The first kappa shape index (κ1) is 20.3. The Morgan fingerprint density at radius 1 is 1.10 bits per heavy atom. The standard InChI is InChI=1S/C14H28B2O5/c1-5-14(4,21-16-18)13(10-11-19-6-2)9-7-8-12(3)20-15-17/h12-13H,5-11H2,1-4H3. The van der Waals surface area contributed by atoms with E-state index in [0.717, 1.165) is 32.1 Å². The number of hydrogen-bond donors (Lipinski definition) is 0. The third-order valence-electron chi connectivity index (χ3n) is 4.15. The molecule has 0 saturated heterocycles. The van der Waals surface area contributed by atoms with Gasteiger partial charge < -0.3 is 0 Å². The van der Waals surface area contributed by atoms with Gasteiger partial charge in [-0.1, -0.05) is 0 Å². The van der Waals surface area contributed by atoms with Crippen LogP contribution in [0, 0.1) is 5.92 Å². The molecule has 120 valence electrons. The average molecular weight is 298 g/mol. The van der Waals surface area contributed by atoms with Crippen LogP contribution < -0.4 is 0 Å². The third kappa shape index (κ3) is 8.34. The molecule has 0 bridgehead atoms. The molecule has 0 N–H and O–H groups in total. The molecule has 0 fully saturated rings. The van der Waals surface area contributed by atoms with E-state index in [-0.39, 0.29) is 12.0 Å². The van der Waals surface area contributed by atoms with Crippen molar-refractivity contribution < 1.29 is 23.5 Å². The Kier molecular flexibility index (Phi) is 11.5. The van der Waals surface area contributed by atoms with Gasteiger partial charge in [0.2, 0.25) is 0 Å². The number of rotatable bonds is 14. The van der Waals surface area contributed by atoms with Crippen LogP contribution in [0.1, 0.15) is 59.8 Å². The molecule has 7 heteroatoms. The molecule has 0 rings (SSSR count). The van der Waals surface area contributed by atoms with Crippen molar-refractivity contribution in [1.29, 1.82) is 0 Å². The van der Waals surface area contributed by atoms with Crippen LogP contribution in [0.3, 0.4) is 0 Å². The number of ether oxygens (including phenoxy) is 1. The first-order chi connectivity index (χ1) is 10.0. The van der Waals surface area contributed by atoms with Gasteiger partial charge in [0, 0.05) is 0 Å². The van der Waals surface area contributed by atoms with Crippen molar-refractivity contribution in [2.75, 3.05) is 13.2 Å². The normalized spacial score (nSPS) is 16.2. The Hall–Kier alpha value is -0.710. The fourth-order valence-corrected chi connectivity index (χ4v) is 2.52. The fourth-order valence-electron chi connectivity index (χ4n) is 2.52. The van der Waals surface area contributed by atoms with Crippen LogP contribution in [0.25, 0.3) is 0 Å². The van der Waals surface area contributed by atoms with Crippen molar-refractivity contribution >= 4 is 14.7 Å². The van der Waals surface area contributed by atoms with Gasteiger partial charge >= 0.3 is 129 Å². The van der Waals surface area contributed by atoms with Crippen molar-refractivity contribution in [2.24, 2.45) is 5.92 Å². The van der Waals surface area contributed by atoms with Crippen molar-refractivity contribution in [3.63, 3.8) is 0 Å². The SMILES string of the molecule is CCOCCC(CCCC(C)OB=O)C(C)(CC)OB=O. The van der Waals surface area contributed by atoms with Crippen LogP contribution in [0.5, 0.6) is 0 Å². The van der Waals surface area contributed by atoms with Gasteiger partial charge in [-0.2, -0.15) is 0 Å². The topological polar surface area (TPSA) is 61.8 Å². The van der Waals surface area contributed by atoms with Crippen LogP contribution in [0.4, 0.5) is 0 Å². The summed E-state index contributed by atoms with van der Waals surface area (Å²) < 4.78 is 36.7. The molecular formula is C14H28B2O5. The molecular weight excluding hydrogens is 270 g/mol. The van der Waals surface area contributed by atoms with Crippen LogP contribution in [0.2, 0.25) is 0 Å². The Morgan fingerprint density at radius 2 is 1.81 bits per heavy atom. The van der Waals surface area contributed by atoms with Crippen LogP contribution in [-0.4, -0.2) is 39.6 Å². The second-order valence-corrected chi connectivity index (χ2v) is 5.54. The monoisotopic (exact) mass is 298 g/mol. The van der Waals surface area contributed by atoms with E-state index in [4.69, 9.17) is 14.0 Å². The summed E-state index contributed by atoms with van der Waals surface area (Å²) in [4.78, 5) is 0. The van der Waals surface area contributed by atoms with E-state index in [2.05, 4.69) is 0 Å². The van der Waals surface area contributed by atoms with Gasteiger partial charge in [-0.3, -0.25) is 0 Å². The summed E-state index contributed by atoms with van der Waals surface area (Å²) >= 11 is 0. The van der Waals surface area contributed by atoms with E-state index in [1.165, 1.54) is 0 Å². The van der Waals surface area contributed by atoms with Crippen molar-refractivity contribution in [1.82, 2.24) is 0 Å². The van der Waals surface area contributed by atoms with Gasteiger partial charge in [0.1, 0.15) is 0 Å². The second-order valence-electron chi connectivity index (χ2n) is 5.54. The molecule has 0 aromatic heterocycles. The molecule has 0 aliphatic carbocycles. The predicted octanol–water partition coefficient (Wildman–Crippen LogP) is 2.72. The van der Waals surface area contributed by atoms with E-state index in [1.807, 2.05) is 27.7 Å². The molecule has 0 aliphatic rings. The van der Waals surface area contributed by atoms with Crippen molar-refractivity contribution in [2.45, 2.75) is 71.5 Å². The van der Waals surface area contributed by atoms with Gasteiger partial charge in [-0.15, -0.1) is 0 Å². The van der Waals surface area contributed by atoms with Crippen LogP contribution in [-0.2, 0) is 23.5 Å². The summed E-state index contributed by atoms with van der Waals surface area (Å²) in [5.41, 5.74) is -0.465. The van der Waals surface area contributed by atoms with E-state index in [1.54, 1.807) is 0 Å². The van der Waals surface area contributed by atoms with Gasteiger partial charge in [0.05, 0.1) is 0 Å². The molecule has 0 spiro atoms. The second kappa shape index (κ2) is 11.9. The molecule has 21 heavy (non-hydrogen) atoms. The van der Waals surface area contributed by atoms with Gasteiger partial charge in [-0.25, -0.2) is 0 Å². The minimum atomic E-state index is -0.465. The first-order valence-electron chi connectivity index (χ1n) is 7.82. The average Bonchev–Trinajstić information content (AvgIpc) is 2.46. The zero-order chi connectivity index (χ0) is 16.1. The molecule has 0 radical (unpaired) electrons. The summed E-state index contributed by atoms with van der Waals surface area (Å²) in [6.07, 6.45) is 4.19. The first-order valence-corrected chi connectivity index (χ1v) is 7.82. The zero-order valence-corrected chi connectivity index (χ0v) is 13.8. The van der Waals surface area contributed by atoms with E-state index in [0.29, 0.717) is 27.9 Å². The molecule has 0 aromatic carbocycles. The maximum absolute atomic E-state index is 10.8. The van der Waals surface area contributed by atoms with Crippen molar-refractivity contribution in [3.8, 4) is 0 Å². The Balaban J connectivity index is 4.49. The predicted molar refractivity (Wildman–Crippen MR) is 81.7 cm³/mol. The minimum absolute atomic E-state index is 0.0742. The van der Waals surface area contributed by atoms with Gasteiger partial charge in [-0.05, 0) is 0 Å². The Morgan fingerprint density at radius 3 is 2.33 bits per heavy atom. The van der Waals surface area contributed by atoms with E-state index < -0.39 is 5.60 Å². The molecule has 0 heterocycles. The Bertz CT molecular complexity index is 291. The molecule has 3 unspecified atom stereocenters. The molecule has 5 nitrogen and oxygen atoms in total. The van der Waals surface area contributed by atoms with Gasteiger partial charge in [0.25, 0.3) is 0 Å². The number of hydrogen-bond acceptors (Lipinski definition) is 5. The van der Waals surface area contributed by atoms with Crippen LogP contribution in [0.15, 0.2) is 0 Å². The quantitative estimate of drug-likeness (QED) is 0.364. The molecule has 3 atom stereocenters. The van der Waals surface area contributed by atoms with Gasteiger partial charge in [0.15, 0.2) is 0 Å². The molecule has 0 saturated carbocycles. The summed E-state index contributed by atoms with van der Waals surface area (Å²) in [7, 11) is 1.03. The molecule has 0 aromatic rings. The summed E-state index contributed by atoms with van der Waals surface area (Å²) in [6.45, 7) is 9.20. The molecule has 0 aliphatic heterocycles. The third-order valence-corrected chi connectivity index (χ3v) is 4.15. The van der Waals surface area contributed by atoms with E-state index in [9.17, 15) is 9.41 Å². The zero-order valence-electron chi connectivity index (χ0n) is 13.8. The summed E-state index contributed by atoms with van der Waals surface area (Å²) in [5.74, 6) is 0.239. The van der Waals surface area contributed by atoms with Crippen LogP contribution >= 0.6 is 0 Å². The fraction of sp³-hybridized carbons (Fsp3) is 1.00. The van der Waals surface area contributed by atoms with E-state index >= 15 is 0 Å². The molecule has 0 amide bonds. The summed E-state index contributed by atoms with van der Waals surface area (Å²) in [5, 5.41) is 0. The summed E-state index contributed by atoms with van der Waals surface area (Å²) in [6, 6.07) is 0. The Labute approximate surface area is 129 Å². The maximum atomic E-state index is 10.8. The van der Waals surface area contributed by atoms with Crippen molar-refractivity contribution in [3.05, 3.63) is 0 Å².